The van der Waals surface area contributed by atoms with Gasteiger partial charge in [0.15, 0.2) is 0 Å². The molecule has 0 spiro atoms. The van der Waals surface area contributed by atoms with Gasteiger partial charge in [-0.05, 0) is 38.5 Å². The van der Waals surface area contributed by atoms with Gasteiger partial charge in [0.05, 0.1) is 5.41 Å². The smallest absolute Gasteiger partial charge is 0.306 e. The number of hydrogen-bond donors (Lipinski definition) is 0. The maximum Gasteiger partial charge on any atom is 0.398 e. The topological polar surface area (TPSA) is 3.24 Å². The maximum absolute atomic E-state index is 13.4. The van der Waals surface area contributed by atoms with E-state index in [2.05, 4.69) is 0 Å². The second kappa shape index (κ2) is 4.33. The van der Waals surface area contributed by atoms with Gasteiger partial charge in [0.1, 0.15) is 0 Å². The Morgan fingerprint density at radius 1 is 1.06 bits per heavy atom. The van der Waals surface area contributed by atoms with Crippen LogP contribution in [0, 0.1) is 0 Å². The highest BCUT2D eigenvalue weighted by Gasteiger charge is 2.56. The second-order valence-corrected chi connectivity index (χ2v) is 4.75. The van der Waals surface area contributed by atoms with Crippen molar-refractivity contribution in [2.24, 2.45) is 0 Å². The van der Waals surface area contributed by atoms with Crippen LogP contribution in [0.4, 0.5) is 13.2 Å². The minimum Gasteiger partial charge on any atom is -0.306 e. The number of likely N-dealkylation sites (tertiary alicyclic amines) is 1. The van der Waals surface area contributed by atoms with Crippen LogP contribution in [0.5, 0.6) is 0 Å². The molecule has 0 atom stereocenters. The molecule has 1 aliphatic heterocycles. The van der Waals surface area contributed by atoms with Crippen LogP contribution in [0.2, 0.25) is 0 Å². The fraction of sp³-hybridized carbons (Fsp3) is 0.538. The molecule has 4 heteroatoms. The van der Waals surface area contributed by atoms with Crippen molar-refractivity contribution in [2.45, 2.75) is 24.4 Å². The third kappa shape index (κ3) is 2.18. The molecule has 1 saturated heterocycles. The first-order valence-corrected chi connectivity index (χ1v) is 5.76. The number of hydrogen-bond acceptors (Lipinski definition) is 1. The van der Waals surface area contributed by atoms with Crippen molar-refractivity contribution in [2.75, 3.05) is 20.1 Å². The summed E-state index contributed by atoms with van der Waals surface area (Å²) < 4.78 is 40.2. The molecule has 0 aliphatic carbocycles. The van der Waals surface area contributed by atoms with Gasteiger partial charge in [-0.3, -0.25) is 0 Å². The van der Waals surface area contributed by atoms with Crippen LogP contribution < -0.4 is 0 Å². The Morgan fingerprint density at radius 3 is 2.06 bits per heavy atom. The van der Waals surface area contributed by atoms with Crippen LogP contribution in [0.25, 0.3) is 0 Å². The molecule has 0 aromatic heterocycles. The standard InChI is InChI=1S/C13H16F3N/c1-17-9-7-12(8-10-17,13(14,15)16)11-5-3-2-4-6-11/h2-6H,7-10H2,1H3. The van der Waals surface area contributed by atoms with E-state index in [1.165, 1.54) is 0 Å². The summed E-state index contributed by atoms with van der Waals surface area (Å²) in [5.41, 5.74) is -1.25. The Balaban J connectivity index is 2.39. The van der Waals surface area contributed by atoms with E-state index in [9.17, 15) is 13.2 Å². The first-order chi connectivity index (χ1) is 7.96. The molecule has 0 bridgehead atoms. The van der Waals surface area contributed by atoms with E-state index in [0.29, 0.717) is 18.7 Å². The summed E-state index contributed by atoms with van der Waals surface area (Å²) in [5, 5.41) is 0. The molecular formula is C13H16F3N. The number of piperidine rings is 1. The molecule has 94 valence electrons. The average molecular weight is 243 g/mol. The van der Waals surface area contributed by atoms with Crippen molar-refractivity contribution in [1.29, 1.82) is 0 Å². The molecule has 0 unspecified atom stereocenters. The lowest BCUT2D eigenvalue weighted by atomic mass is 9.72. The molecule has 2 rings (SSSR count). The van der Waals surface area contributed by atoms with Crippen LogP contribution in [0.1, 0.15) is 18.4 Å². The summed E-state index contributed by atoms with van der Waals surface area (Å²) >= 11 is 0. The van der Waals surface area contributed by atoms with Gasteiger partial charge in [0.25, 0.3) is 0 Å². The third-order valence-corrected chi connectivity index (χ3v) is 3.71. The van der Waals surface area contributed by atoms with Crippen LogP contribution in [-0.4, -0.2) is 31.2 Å². The zero-order chi connectivity index (χ0) is 12.5. The van der Waals surface area contributed by atoms with Gasteiger partial charge in [-0.15, -0.1) is 0 Å². The quantitative estimate of drug-likeness (QED) is 0.732. The monoisotopic (exact) mass is 243 g/mol. The highest BCUT2D eigenvalue weighted by atomic mass is 19.4. The lowest BCUT2D eigenvalue weighted by Crippen LogP contribution is -2.50. The second-order valence-electron chi connectivity index (χ2n) is 4.75. The first-order valence-electron chi connectivity index (χ1n) is 5.76. The largest absolute Gasteiger partial charge is 0.398 e. The van der Waals surface area contributed by atoms with Crippen molar-refractivity contribution < 1.29 is 13.2 Å². The van der Waals surface area contributed by atoms with Gasteiger partial charge >= 0.3 is 6.18 Å². The number of alkyl halides is 3. The van der Waals surface area contributed by atoms with E-state index in [4.69, 9.17) is 0 Å². The summed E-state index contributed by atoms with van der Waals surface area (Å²) in [5.74, 6) is 0. The van der Waals surface area contributed by atoms with Crippen molar-refractivity contribution in [3.8, 4) is 0 Å². The highest BCUT2D eigenvalue weighted by Crippen LogP contribution is 2.48. The van der Waals surface area contributed by atoms with E-state index in [-0.39, 0.29) is 12.8 Å². The molecule has 0 radical (unpaired) electrons. The van der Waals surface area contributed by atoms with Crippen LogP contribution in [0.3, 0.4) is 0 Å². The van der Waals surface area contributed by atoms with Gasteiger partial charge in [-0.25, -0.2) is 0 Å². The summed E-state index contributed by atoms with van der Waals surface area (Å²) in [4.78, 5) is 1.95. The van der Waals surface area contributed by atoms with Gasteiger partial charge in [-0.2, -0.15) is 13.2 Å². The van der Waals surface area contributed by atoms with Crippen LogP contribution in [-0.2, 0) is 5.41 Å². The summed E-state index contributed by atoms with van der Waals surface area (Å²) in [6.45, 7) is 0.989. The van der Waals surface area contributed by atoms with Crippen molar-refractivity contribution in [3.63, 3.8) is 0 Å². The molecule has 1 heterocycles. The van der Waals surface area contributed by atoms with Crippen molar-refractivity contribution >= 4 is 0 Å². The zero-order valence-corrected chi connectivity index (χ0v) is 9.80. The molecule has 1 nitrogen and oxygen atoms in total. The van der Waals surface area contributed by atoms with E-state index >= 15 is 0 Å². The molecular weight excluding hydrogens is 227 g/mol. The van der Waals surface area contributed by atoms with Crippen molar-refractivity contribution in [3.05, 3.63) is 35.9 Å². The van der Waals surface area contributed by atoms with Gasteiger partial charge in [0.2, 0.25) is 0 Å². The van der Waals surface area contributed by atoms with Crippen LogP contribution in [0.15, 0.2) is 30.3 Å². The predicted octanol–water partition coefficient (Wildman–Crippen LogP) is 3.21. The summed E-state index contributed by atoms with van der Waals surface area (Å²) in [6.07, 6.45) is -3.87. The molecule has 1 aliphatic rings. The molecule has 0 amide bonds. The van der Waals surface area contributed by atoms with E-state index in [1.54, 1.807) is 30.3 Å². The SMILES string of the molecule is CN1CCC(c2ccccc2)(C(F)(F)F)CC1. The molecule has 1 aromatic carbocycles. The number of nitrogens with zero attached hydrogens (tertiary/aromatic N) is 1. The fourth-order valence-corrected chi connectivity index (χ4v) is 2.49. The molecule has 0 N–H and O–H groups in total. The minimum atomic E-state index is -4.17. The lowest BCUT2D eigenvalue weighted by molar-refractivity contribution is -0.202. The van der Waals surface area contributed by atoms with E-state index in [0.717, 1.165) is 0 Å². The number of rotatable bonds is 1. The fourth-order valence-electron chi connectivity index (χ4n) is 2.49. The Bertz CT molecular complexity index is 364. The van der Waals surface area contributed by atoms with E-state index in [1.807, 2.05) is 11.9 Å². The molecule has 17 heavy (non-hydrogen) atoms. The normalized spacial score (nSPS) is 21.4. The van der Waals surface area contributed by atoms with Crippen molar-refractivity contribution in [1.82, 2.24) is 4.90 Å². The zero-order valence-electron chi connectivity index (χ0n) is 9.80. The Hall–Kier alpha value is -1.03. The third-order valence-electron chi connectivity index (χ3n) is 3.71. The number of halogens is 3. The van der Waals surface area contributed by atoms with Crippen LogP contribution >= 0.6 is 0 Å². The summed E-state index contributed by atoms with van der Waals surface area (Å²) in [7, 11) is 1.87. The maximum atomic E-state index is 13.4. The van der Waals surface area contributed by atoms with Gasteiger partial charge < -0.3 is 4.90 Å². The molecule has 1 fully saturated rings. The Kier molecular flexibility index (Phi) is 3.17. The Labute approximate surface area is 99.2 Å². The molecule has 0 saturated carbocycles. The lowest BCUT2D eigenvalue weighted by Gasteiger charge is -2.42. The average Bonchev–Trinajstić information content (AvgIpc) is 2.30. The van der Waals surface area contributed by atoms with E-state index < -0.39 is 11.6 Å². The molecule has 1 aromatic rings. The minimum absolute atomic E-state index is 0.150. The highest BCUT2D eigenvalue weighted by molar-refractivity contribution is 5.28. The Morgan fingerprint density at radius 2 is 1.59 bits per heavy atom. The van der Waals surface area contributed by atoms with Gasteiger partial charge in [0, 0.05) is 0 Å². The first kappa shape index (κ1) is 12.4. The summed E-state index contributed by atoms with van der Waals surface area (Å²) in [6, 6.07) is 8.31. The predicted molar refractivity (Wildman–Crippen MR) is 60.9 cm³/mol. The van der Waals surface area contributed by atoms with Gasteiger partial charge in [-0.1, -0.05) is 30.3 Å². The number of benzene rings is 1.